The third-order valence-electron chi connectivity index (χ3n) is 3.40. The highest BCUT2D eigenvalue weighted by atomic mass is 16.4. The molecule has 1 aliphatic rings. The molecule has 0 bridgehead atoms. The van der Waals surface area contributed by atoms with Crippen molar-refractivity contribution in [2.45, 2.75) is 6.54 Å². The normalized spacial score (nSPS) is 13.4. The van der Waals surface area contributed by atoms with Crippen molar-refractivity contribution in [3.63, 3.8) is 0 Å². The number of carbonyl (C=O) groups excluding carboxylic acids is 2. The van der Waals surface area contributed by atoms with E-state index in [2.05, 4.69) is 0 Å². The molecule has 21 heavy (non-hydrogen) atoms. The summed E-state index contributed by atoms with van der Waals surface area (Å²) >= 11 is 0. The second kappa shape index (κ2) is 4.86. The predicted octanol–water partition coefficient (Wildman–Crippen LogP) is 2.18. The van der Waals surface area contributed by atoms with Crippen LogP contribution in [0.2, 0.25) is 0 Å². The lowest BCUT2D eigenvalue weighted by atomic mass is 10.1. The zero-order valence-electron chi connectivity index (χ0n) is 10.9. The van der Waals surface area contributed by atoms with Crippen molar-refractivity contribution < 1.29 is 19.5 Å². The molecule has 0 unspecified atom stereocenters. The van der Waals surface area contributed by atoms with Gasteiger partial charge in [0.2, 0.25) is 0 Å². The molecule has 0 saturated carbocycles. The molecule has 104 valence electrons. The van der Waals surface area contributed by atoms with E-state index in [-0.39, 0.29) is 23.2 Å². The summed E-state index contributed by atoms with van der Waals surface area (Å²) in [4.78, 5) is 36.6. The maximum Gasteiger partial charge on any atom is 0.335 e. The third-order valence-corrected chi connectivity index (χ3v) is 3.40. The van der Waals surface area contributed by atoms with E-state index in [1.165, 1.54) is 18.2 Å². The fourth-order valence-corrected chi connectivity index (χ4v) is 2.33. The zero-order chi connectivity index (χ0) is 15.0. The molecule has 2 aromatic rings. The number of carboxylic acid groups (broad SMARTS) is 1. The first-order valence-corrected chi connectivity index (χ1v) is 6.35. The molecule has 5 heteroatoms. The first-order chi connectivity index (χ1) is 10.1. The monoisotopic (exact) mass is 281 g/mol. The second-order valence-corrected chi connectivity index (χ2v) is 4.75. The Morgan fingerprint density at radius 2 is 1.62 bits per heavy atom. The quantitative estimate of drug-likeness (QED) is 0.875. The Balaban J connectivity index is 1.95. The molecule has 0 saturated heterocycles. The van der Waals surface area contributed by atoms with Crippen LogP contribution in [0.5, 0.6) is 0 Å². The minimum absolute atomic E-state index is 0.00328. The average molecular weight is 281 g/mol. The number of hydrogen-bond acceptors (Lipinski definition) is 3. The molecular weight excluding hydrogens is 270 g/mol. The van der Waals surface area contributed by atoms with Crippen LogP contribution < -0.4 is 0 Å². The van der Waals surface area contributed by atoms with E-state index in [0.717, 1.165) is 10.5 Å². The van der Waals surface area contributed by atoms with Gasteiger partial charge >= 0.3 is 5.97 Å². The molecule has 0 radical (unpaired) electrons. The summed E-state index contributed by atoms with van der Waals surface area (Å²) in [6.45, 7) is 0.176. The lowest BCUT2D eigenvalue weighted by Crippen LogP contribution is -2.29. The van der Waals surface area contributed by atoms with Crippen LogP contribution in [0.4, 0.5) is 0 Å². The lowest BCUT2D eigenvalue weighted by molar-refractivity contribution is 0.0641. The molecular formula is C16H11NO4. The SMILES string of the molecule is O=C(O)c1ccc2c(c1)C(=O)N(Cc1ccccc1)C2=O. The van der Waals surface area contributed by atoms with Crippen LogP contribution in [0.3, 0.4) is 0 Å². The van der Waals surface area contributed by atoms with E-state index >= 15 is 0 Å². The molecule has 0 aliphatic carbocycles. The average Bonchev–Trinajstić information content (AvgIpc) is 2.73. The number of benzene rings is 2. The summed E-state index contributed by atoms with van der Waals surface area (Å²) < 4.78 is 0. The molecule has 2 amide bonds. The number of amides is 2. The molecule has 0 aromatic heterocycles. The van der Waals surface area contributed by atoms with Gasteiger partial charge in [0.1, 0.15) is 0 Å². The predicted molar refractivity (Wildman–Crippen MR) is 74.0 cm³/mol. The Morgan fingerprint density at radius 1 is 0.952 bits per heavy atom. The molecule has 1 heterocycles. The summed E-state index contributed by atoms with van der Waals surface area (Å²) in [6.07, 6.45) is 0. The minimum Gasteiger partial charge on any atom is -0.478 e. The van der Waals surface area contributed by atoms with Crippen LogP contribution in [0, 0.1) is 0 Å². The number of nitrogens with zero attached hydrogens (tertiary/aromatic N) is 1. The maximum absolute atomic E-state index is 12.3. The Labute approximate surface area is 120 Å². The number of carboxylic acids is 1. The van der Waals surface area contributed by atoms with E-state index in [0.29, 0.717) is 0 Å². The van der Waals surface area contributed by atoms with Gasteiger partial charge in [-0.3, -0.25) is 14.5 Å². The molecule has 2 aromatic carbocycles. The lowest BCUT2D eigenvalue weighted by Gasteiger charge is -2.13. The summed E-state index contributed by atoms with van der Waals surface area (Å²) in [5.41, 5.74) is 1.23. The van der Waals surface area contributed by atoms with Crippen LogP contribution in [0.25, 0.3) is 0 Å². The first-order valence-electron chi connectivity index (χ1n) is 6.35. The molecule has 0 fully saturated rings. The number of carbonyl (C=O) groups is 3. The summed E-state index contributed by atoms with van der Waals surface area (Å²) in [5.74, 6) is -1.97. The molecule has 1 N–H and O–H groups in total. The Morgan fingerprint density at radius 3 is 2.29 bits per heavy atom. The molecule has 5 nitrogen and oxygen atoms in total. The standard InChI is InChI=1S/C16H11NO4/c18-14-12-7-6-11(16(20)21)8-13(12)15(19)17(14)9-10-4-2-1-3-5-10/h1-8H,9H2,(H,20,21). The third kappa shape index (κ3) is 2.18. The first kappa shape index (κ1) is 13.1. The van der Waals surface area contributed by atoms with E-state index in [1.807, 2.05) is 30.3 Å². The van der Waals surface area contributed by atoms with Crippen molar-refractivity contribution in [1.29, 1.82) is 0 Å². The summed E-state index contributed by atoms with van der Waals surface area (Å²) in [6, 6.07) is 13.1. The van der Waals surface area contributed by atoms with Gasteiger partial charge in [-0.2, -0.15) is 0 Å². The van der Waals surface area contributed by atoms with Crippen LogP contribution >= 0.6 is 0 Å². The van der Waals surface area contributed by atoms with Crippen LogP contribution in [-0.4, -0.2) is 27.8 Å². The van der Waals surface area contributed by atoms with Gasteiger partial charge in [0.05, 0.1) is 23.2 Å². The maximum atomic E-state index is 12.3. The number of fused-ring (bicyclic) bond motifs is 1. The van der Waals surface area contributed by atoms with Gasteiger partial charge in [0.25, 0.3) is 11.8 Å². The fourth-order valence-electron chi connectivity index (χ4n) is 2.33. The highest BCUT2D eigenvalue weighted by molar-refractivity contribution is 6.21. The van der Waals surface area contributed by atoms with E-state index < -0.39 is 17.8 Å². The van der Waals surface area contributed by atoms with Gasteiger partial charge in [-0.05, 0) is 23.8 Å². The molecule has 3 rings (SSSR count). The topological polar surface area (TPSA) is 74.7 Å². The van der Waals surface area contributed by atoms with Crippen LogP contribution in [0.15, 0.2) is 48.5 Å². The number of aromatic carboxylic acids is 1. The smallest absolute Gasteiger partial charge is 0.335 e. The van der Waals surface area contributed by atoms with Crippen molar-refractivity contribution in [2.24, 2.45) is 0 Å². The van der Waals surface area contributed by atoms with Gasteiger partial charge in [-0.1, -0.05) is 30.3 Å². The van der Waals surface area contributed by atoms with E-state index in [4.69, 9.17) is 5.11 Å². The zero-order valence-corrected chi connectivity index (χ0v) is 10.9. The Hall–Kier alpha value is -2.95. The fraction of sp³-hybridized carbons (Fsp3) is 0.0625. The van der Waals surface area contributed by atoms with E-state index in [9.17, 15) is 14.4 Å². The van der Waals surface area contributed by atoms with Gasteiger partial charge < -0.3 is 5.11 Å². The van der Waals surface area contributed by atoms with Crippen molar-refractivity contribution in [3.05, 3.63) is 70.8 Å². The van der Waals surface area contributed by atoms with Crippen LogP contribution in [0.1, 0.15) is 36.6 Å². The second-order valence-electron chi connectivity index (χ2n) is 4.75. The van der Waals surface area contributed by atoms with E-state index in [1.54, 1.807) is 0 Å². The minimum atomic E-state index is -1.13. The van der Waals surface area contributed by atoms with Gasteiger partial charge in [0, 0.05) is 0 Å². The van der Waals surface area contributed by atoms with Crippen molar-refractivity contribution >= 4 is 17.8 Å². The van der Waals surface area contributed by atoms with Crippen molar-refractivity contribution in [3.8, 4) is 0 Å². The van der Waals surface area contributed by atoms with Gasteiger partial charge in [-0.25, -0.2) is 4.79 Å². The Kier molecular flexibility index (Phi) is 3.02. The number of hydrogen-bond donors (Lipinski definition) is 1. The number of imide groups is 1. The highest BCUT2D eigenvalue weighted by Crippen LogP contribution is 2.25. The van der Waals surface area contributed by atoms with Crippen molar-refractivity contribution in [2.75, 3.05) is 0 Å². The summed E-state index contributed by atoms with van der Waals surface area (Å²) in [5, 5.41) is 8.96. The molecule has 1 aliphatic heterocycles. The van der Waals surface area contributed by atoms with Gasteiger partial charge in [0.15, 0.2) is 0 Å². The van der Waals surface area contributed by atoms with Crippen LogP contribution in [-0.2, 0) is 6.54 Å². The largest absolute Gasteiger partial charge is 0.478 e. The Bertz CT molecular complexity index is 752. The molecule has 0 atom stereocenters. The summed E-state index contributed by atoms with van der Waals surface area (Å²) in [7, 11) is 0. The van der Waals surface area contributed by atoms with Crippen molar-refractivity contribution in [1.82, 2.24) is 4.90 Å². The van der Waals surface area contributed by atoms with Gasteiger partial charge in [-0.15, -0.1) is 0 Å². The number of rotatable bonds is 3. The molecule has 0 spiro atoms. The highest BCUT2D eigenvalue weighted by Gasteiger charge is 2.35.